The number of nitrogens with one attached hydrogen (secondary N) is 1. The van der Waals surface area contributed by atoms with Crippen molar-refractivity contribution in [2.45, 2.75) is 20.3 Å². The van der Waals surface area contributed by atoms with Crippen LogP contribution in [0.5, 0.6) is 0 Å². The first-order chi connectivity index (χ1) is 12.9. The summed E-state index contributed by atoms with van der Waals surface area (Å²) in [7, 11) is 0. The highest BCUT2D eigenvalue weighted by atomic mass is 16.4. The number of H-pyrrole nitrogens is 1. The first-order valence-corrected chi connectivity index (χ1v) is 8.61. The summed E-state index contributed by atoms with van der Waals surface area (Å²) in [4.78, 5) is 25.1. The van der Waals surface area contributed by atoms with Gasteiger partial charge in [0.05, 0.1) is 6.20 Å². The fourth-order valence-electron chi connectivity index (χ4n) is 2.77. The predicted molar refractivity (Wildman–Crippen MR) is 101 cm³/mol. The maximum atomic E-state index is 12.2. The van der Waals surface area contributed by atoms with E-state index in [0.717, 1.165) is 11.3 Å². The Labute approximate surface area is 156 Å². The standard InChI is InChI=1S/C19H21N5O3/c1-13(2)12-23(19(26)27)15-5-3-4-14(8-15)9-17-18(25)6-7-24(22-17)16-10-20-21-11-16/h3-8,10-11,13H,9,12H2,1-2H3,(H,20,21)(H,26,27). The van der Waals surface area contributed by atoms with Crippen molar-refractivity contribution in [2.24, 2.45) is 5.92 Å². The Bertz CT molecular complexity index is 979. The highest BCUT2D eigenvalue weighted by molar-refractivity contribution is 5.86. The van der Waals surface area contributed by atoms with Crippen LogP contribution >= 0.6 is 0 Å². The first-order valence-electron chi connectivity index (χ1n) is 8.61. The molecule has 1 amide bonds. The highest BCUT2D eigenvalue weighted by Gasteiger charge is 2.16. The Morgan fingerprint density at radius 2 is 2.15 bits per heavy atom. The zero-order valence-electron chi connectivity index (χ0n) is 15.2. The normalized spacial score (nSPS) is 10.9. The summed E-state index contributed by atoms with van der Waals surface area (Å²) in [6.07, 6.45) is 4.18. The summed E-state index contributed by atoms with van der Waals surface area (Å²) in [5, 5.41) is 20.5. The van der Waals surface area contributed by atoms with Crippen LogP contribution in [0.25, 0.3) is 5.69 Å². The van der Waals surface area contributed by atoms with Gasteiger partial charge in [0.25, 0.3) is 0 Å². The number of nitrogens with zero attached hydrogens (tertiary/aromatic N) is 4. The average molecular weight is 367 g/mol. The number of carboxylic acid groups (broad SMARTS) is 1. The number of rotatable bonds is 6. The lowest BCUT2D eigenvalue weighted by molar-refractivity contribution is 0.201. The lowest BCUT2D eigenvalue weighted by Crippen LogP contribution is -2.32. The van der Waals surface area contributed by atoms with Crippen LogP contribution in [0.15, 0.2) is 53.7 Å². The van der Waals surface area contributed by atoms with Crippen molar-refractivity contribution < 1.29 is 9.90 Å². The number of anilines is 1. The number of amides is 1. The van der Waals surface area contributed by atoms with Gasteiger partial charge >= 0.3 is 6.09 Å². The van der Waals surface area contributed by atoms with Crippen molar-refractivity contribution in [3.8, 4) is 5.69 Å². The Balaban J connectivity index is 1.89. The number of aromatic nitrogens is 4. The molecule has 0 saturated heterocycles. The van der Waals surface area contributed by atoms with E-state index in [1.807, 2.05) is 19.9 Å². The SMILES string of the molecule is CC(C)CN(C(=O)O)c1cccc(Cc2nn(-c3cn[nH]c3)ccc2=O)c1. The molecule has 0 spiro atoms. The van der Waals surface area contributed by atoms with Crippen LogP contribution in [-0.4, -0.2) is 37.7 Å². The third-order valence-electron chi connectivity index (χ3n) is 4.00. The minimum Gasteiger partial charge on any atom is -0.465 e. The molecular formula is C19H21N5O3. The third kappa shape index (κ3) is 4.41. The highest BCUT2D eigenvalue weighted by Crippen LogP contribution is 2.19. The van der Waals surface area contributed by atoms with E-state index in [1.165, 1.54) is 11.0 Å². The van der Waals surface area contributed by atoms with E-state index in [0.29, 0.717) is 24.3 Å². The molecule has 0 radical (unpaired) electrons. The Morgan fingerprint density at radius 1 is 1.33 bits per heavy atom. The third-order valence-corrected chi connectivity index (χ3v) is 4.00. The Kier molecular flexibility index (Phi) is 5.35. The molecule has 0 aliphatic rings. The van der Waals surface area contributed by atoms with E-state index in [9.17, 15) is 14.7 Å². The van der Waals surface area contributed by atoms with E-state index >= 15 is 0 Å². The van der Waals surface area contributed by atoms with Crippen molar-refractivity contribution in [3.63, 3.8) is 0 Å². The molecule has 8 heteroatoms. The second kappa shape index (κ2) is 7.86. The smallest absolute Gasteiger partial charge is 0.411 e. The Hall–Kier alpha value is -3.42. The second-order valence-corrected chi connectivity index (χ2v) is 6.66. The molecule has 0 unspecified atom stereocenters. The first kappa shape index (κ1) is 18.4. The van der Waals surface area contributed by atoms with Gasteiger partial charge in [-0.2, -0.15) is 10.2 Å². The summed E-state index contributed by atoms with van der Waals surface area (Å²) in [6.45, 7) is 4.33. The molecular weight excluding hydrogens is 346 g/mol. The molecule has 2 heterocycles. The van der Waals surface area contributed by atoms with Crippen LogP contribution < -0.4 is 10.3 Å². The van der Waals surface area contributed by atoms with Gasteiger partial charge in [-0.25, -0.2) is 9.48 Å². The summed E-state index contributed by atoms with van der Waals surface area (Å²) < 4.78 is 1.58. The number of hydrogen-bond donors (Lipinski definition) is 2. The van der Waals surface area contributed by atoms with Crippen molar-refractivity contribution in [1.29, 1.82) is 0 Å². The molecule has 3 rings (SSSR count). The summed E-state index contributed by atoms with van der Waals surface area (Å²) in [5.41, 5.74) is 2.33. The topological polar surface area (TPSA) is 104 Å². The zero-order valence-corrected chi connectivity index (χ0v) is 15.2. The largest absolute Gasteiger partial charge is 0.465 e. The molecule has 0 bridgehead atoms. The van der Waals surface area contributed by atoms with E-state index in [4.69, 9.17) is 0 Å². The summed E-state index contributed by atoms with van der Waals surface area (Å²) >= 11 is 0. The second-order valence-electron chi connectivity index (χ2n) is 6.66. The van der Waals surface area contributed by atoms with Crippen molar-refractivity contribution in [3.05, 3.63) is 70.4 Å². The summed E-state index contributed by atoms with van der Waals surface area (Å²) in [6, 6.07) is 8.64. The van der Waals surface area contributed by atoms with Gasteiger partial charge in [0.2, 0.25) is 5.43 Å². The molecule has 0 aliphatic heterocycles. The van der Waals surface area contributed by atoms with Gasteiger partial charge in [0, 0.05) is 37.1 Å². The van der Waals surface area contributed by atoms with Crippen LogP contribution in [0.4, 0.5) is 10.5 Å². The van der Waals surface area contributed by atoms with Crippen molar-refractivity contribution in [2.75, 3.05) is 11.4 Å². The molecule has 0 fully saturated rings. The molecule has 3 aromatic rings. The molecule has 2 N–H and O–H groups in total. The molecule has 0 saturated carbocycles. The number of hydrogen-bond acceptors (Lipinski definition) is 4. The van der Waals surface area contributed by atoms with Crippen LogP contribution in [0.3, 0.4) is 0 Å². The fourth-order valence-corrected chi connectivity index (χ4v) is 2.77. The van der Waals surface area contributed by atoms with Crippen molar-refractivity contribution >= 4 is 11.8 Å². The molecule has 0 atom stereocenters. The van der Waals surface area contributed by atoms with Crippen LogP contribution in [-0.2, 0) is 6.42 Å². The van der Waals surface area contributed by atoms with Gasteiger partial charge < -0.3 is 5.11 Å². The predicted octanol–water partition coefficient (Wildman–Crippen LogP) is 2.69. The minimum atomic E-state index is -0.999. The van der Waals surface area contributed by atoms with Gasteiger partial charge in [-0.05, 0) is 23.6 Å². The van der Waals surface area contributed by atoms with Crippen LogP contribution in [0.2, 0.25) is 0 Å². The minimum absolute atomic E-state index is 0.169. The van der Waals surface area contributed by atoms with Gasteiger partial charge in [0.1, 0.15) is 11.4 Å². The van der Waals surface area contributed by atoms with Crippen LogP contribution in [0, 0.1) is 5.92 Å². The van der Waals surface area contributed by atoms with Gasteiger partial charge in [-0.3, -0.25) is 14.8 Å². The maximum absolute atomic E-state index is 12.2. The Morgan fingerprint density at radius 3 is 2.81 bits per heavy atom. The monoisotopic (exact) mass is 367 g/mol. The quantitative estimate of drug-likeness (QED) is 0.697. The fraction of sp³-hybridized carbons (Fsp3) is 0.263. The van der Waals surface area contributed by atoms with Gasteiger partial charge in [-0.1, -0.05) is 26.0 Å². The molecule has 0 aliphatic carbocycles. The van der Waals surface area contributed by atoms with E-state index in [1.54, 1.807) is 41.5 Å². The van der Waals surface area contributed by atoms with E-state index in [-0.39, 0.29) is 11.3 Å². The van der Waals surface area contributed by atoms with Gasteiger partial charge in [-0.15, -0.1) is 0 Å². The van der Waals surface area contributed by atoms with Crippen molar-refractivity contribution in [1.82, 2.24) is 20.0 Å². The van der Waals surface area contributed by atoms with Crippen LogP contribution in [0.1, 0.15) is 25.1 Å². The van der Waals surface area contributed by atoms with Gasteiger partial charge in [0.15, 0.2) is 0 Å². The number of carbonyl (C=O) groups is 1. The molecule has 140 valence electrons. The molecule has 27 heavy (non-hydrogen) atoms. The number of benzene rings is 1. The maximum Gasteiger partial charge on any atom is 0.411 e. The zero-order chi connectivity index (χ0) is 19.4. The lowest BCUT2D eigenvalue weighted by atomic mass is 10.1. The molecule has 8 nitrogen and oxygen atoms in total. The molecule has 1 aromatic carbocycles. The molecule has 2 aromatic heterocycles. The summed E-state index contributed by atoms with van der Waals surface area (Å²) in [5.74, 6) is 0.197. The lowest BCUT2D eigenvalue weighted by Gasteiger charge is -2.22. The van der Waals surface area contributed by atoms with E-state index in [2.05, 4.69) is 15.3 Å². The average Bonchev–Trinajstić information content (AvgIpc) is 3.16. The number of aromatic amines is 1. The van der Waals surface area contributed by atoms with E-state index < -0.39 is 6.09 Å².